The van der Waals surface area contributed by atoms with Crippen LogP contribution in [0.4, 0.5) is 0 Å². The molecular weight excluding hydrogens is 240 g/mol. The molecule has 90 valence electrons. The minimum Gasteiger partial charge on any atom is -0.497 e. The number of fused-ring (bicyclic) bond motifs is 1. The number of carboxylic acid groups (broad SMARTS) is 1. The van der Waals surface area contributed by atoms with Crippen LogP contribution in [-0.4, -0.2) is 33.4 Å². The third-order valence-electron chi connectivity index (χ3n) is 2.30. The van der Waals surface area contributed by atoms with Crippen LogP contribution in [0, 0.1) is 0 Å². The molecule has 0 fully saturated rings. The molecule has 17 heavy (non-hydrogen) atoms. The molecule has 2 rings (SSSR count). The largest absolute Gasteiger partial charge is 0.497 e. The Labute approximate surface area is 102 Å². The molecule has 1 atom stereocenters. The predicted molar refractivity (Wildman–Crippen MR) is 65.6 cm³/mol. The molecule has 0 amide bonds. The number of imidazole rings is 1. The van der Waals surface area contributed by atoms with Crippen LogP contribution in [-0.2, 0) is 4.79 Å². The molecule has 1 aromatic carbocycles. The summed E-state index contributed by atoms with van der Waals surface area (Å²) in [5.74, 6) is -0.114. The van der Waals surface area contributed by atoms with E-state index < -0.39 is 11.2 Å². The van der Waals surface area contributed by atoms with E-state index in [2.05, 4.69) is 9.97 Å². The number of benzene rings is 1. The maximum Gasteiger partial charge on any atom is 0.316 e. The highest BCUT2D eigenvalue weighted by Gasteiger charge is 2.15. The number of carboxylic acids is 1. The minimum absolute atomic E-state index is 0.530. The van der Waals surface area contributed by atoms with E-state index in [0.717, 1.165) is 16.8 Å². The van der Waals surface area contributed by atoms with E-state index in [4.69, 9.17) is 9.84 Å². The highest BCUT2D eigenvalue weighted by molar-refractivity contribution is 8.00. The van der Waals surface area contributed by atoms with E-state index in [0.29, 0.717) is 5.16 Å². The summed E-state index contributed by atoms with van der Waals surface area (Å²) in [5.41, 5.74) is 1.63. The number of nitrogens with one attached hydrogen (secondary N) is 1. The molecule has 0 aliphatic carbocycles. The van der Waals surface area contributed by atoms with Crippen molar-refractivity contribution in [2.75, 3.05) is 7.11 Å². The number of aliphatic carboxylic acids is 1. The maximum absolute atomic E-state index is 10.7. The quantitative estimate of drug-likeness (QED) is 0.815. The van der Waals surface area contributed by atoms with Crippen LogP contribution >= 0.6 is 11.8 Å². The molecule has 2 aromatic rings. The number of ether oxygens (including phenoxy) is 1. The Balaban J connectivity index is 2.28. The molecule has 1 unspecified atom stereocenters. The summed E-state index contributed by atoms with van der Waals surface area (Å²) in [7, 11) is 1.60. The predicted octanol–water partition coefficient (Wildman–Crippen LogP) is 2.14. The van der Waals surface area contributed by atoms with Crippen LogP contribution in [0.3, 0.4) is 0 Å². The molecular formula is C11H12N2O3S. The second-order valence-corrected chi connectivity index (χ2v) is 4.85. The Morgan fingerprint density at radius 2 is 2.35 bits per heavy atom. The number of methoxy groups -OCH3 is 1. The van der Waals surface area contributed by atoms with Gasteiger partial charge in [0.15, 0.2) is 5.16 Å². The average Bonchev–Trinajstić information content (AvgIpc) is 2.69. The van der Waals surface area contributed by atoms with Crippen LogP contribution < -0.4 is 4.74 Å². The van der Waals surface area contributed by atoms with Gasteiger partial charge in [0.2, 0.25) is 0 Å². The van der Waals surface area contributed by atoms with Crippen LogP contribution in [0.2, 0.25) is 0 Å². The fourth-order valence-electron chi connectivity index (χ4n) is 1.37. The number of rotatable bonds is 4. The summed E-state index contributed by atoms with van der Waals surface area (Å²) in [6.45, 7) is 1.63. The number of hydrogen-bond donors (Lipinski definition) is 2. The Bertz CT molecular complexity index is 553. The third-order valence-corrected chi connectivity index (χ3v) is 3.28. The zero-order valence-corrected chi connectivity index (χ0v) is 10.2. The van der Waals surface area contributed by atoms with Crippen molar-refractivity contribution >= 4 is 28.8 Å². The molecule has 0 radical (unpaired) electrons. The van der Waals surface area contributed by atoms with Crippen molar-refractivity contribution in [3.63, 3.8) is 0 Å². The Kier molecular flexibility index (Phi) is 3.23. The first kappa shape index (κ1) is 11.8. The molecule has 0 spiro atoms. The summed E-state index contributed by atoms with van der Waals surface area (Å²) >= 11 is 1.18. The smallest absolute Gasteiger partial charge is 0.316 e. The van der Waals surface area contributed by atoms with Crippen molar-refractivity contribution < 1.29 is 14.6 Å². The lowest BCUT2D eigenvalue weighted by molar-refractivity contribution is -0.136. The van der Waals surface area contributed by atoms with E-state index >= 15 is 0 Å². The first-order chi connectivity index (χ1) is 8.10. The molecule has 0 aliphatic heterocycles. The van der Waals surface area contributed by atoms with Gasteiger partial charge in [0.1, 0.15) is 11.0 Å². The van der Waals surface area contributed by atoms with Gasteiger partial charge in [-0.15, -0.1) is 0 Å². The highest BCUT2D eigenvalue weighted by Crippen LogP contribution is 2.25. The number of nitrogens with zero attached hydrogens (tertiary/aromatic N) is 1. The van der Waals surface area contributed by atoms with Crippen LogP contribution in [0.15, 0.2) is 23.4 Å². The van der Waals surface area contributed by atoms with Gasteiger partial charge >= 0.3 is 5.97 Å². The van der Waals surface area contributed by atoms with Gasteiger partial charge in [0.25, 0.3) is 0 Å². The molecule has 0 saturated heterocycles. The fourth-order valence-corrected chi connectivity index (χ4v) is 2.12. The van der Waals surface area contributed by atoms with Gasteiger partial charge < -0.3 is 14.8 Å². The number of aromatic nitrogens is 2. The minimum atomic E-state index is -0.854. The van der Waals surface area contributed by atoms with E-state index in [1.54, 1.807) is 14.0 Å². The lowest BCUT2D eigenvalue weighted by Gasteiger charge is -2.01. The summed E-state index contributed by atoms with van der Waals surface area (Å²) in [4.78, 5) is 18.1. The number of hydrogen-bond acceptors (Lipinski definition) is 4. The average molecular weight is 252 g/mol. The van der Waals surface area contributed by atoms with Gasteiger partial charge in [0.05, 0.1) is 18.1 Å². The van der Waals surface area contributed by atoms with E-state index in [1.807, 2.05) is 18.2 Å². The SMILES string of the molecule is COc1ccc2nc(SC(C)C(=O)O)[nH]c2c1. The van der Waals surface area contributed by atoms with Gasteiger partial charge in [-0.3, -0.25) is 4.79 Å². The first-order valence-electron chi connectivity index (χ1n) is 5.03. The molecule has 6 heteroatoms. The molecule has 1 aromatic heterocycles. The standard InChI is InChI=1S/C11H12N2O3S/c1-6(10(14)15)17-11-12-8-4-3-7(16-2)5-9(8)13-11/h3-6H,1-2H3,(H,12,13)(H,14,15). The summed E-state index contributed by atoms with van der Waals surface area (Å²) in [6.07, 6.45) is 0. The van der Waals surface area contributed by atoms with Crippen molar-refractivity contribution in [3.8, 4) is 5.75 Å². The van der Waals surface area contributed by atoms with Crippen molar-refractivity contribution in [1.29, 1.82) is 0 Å². The number of aromatic amines is 1. The number of carbonyl (C=O) groups is 1. The Morgan fingerprint density at radius 1 is 1.59 bits per heavy atom. The van der Waals surface area contributed by atoms with Gasteiger partial charge in [0, 0.05) is 6.07 Å². The molecule has 0 saturated carbocycles. The second-order valence-electron chi connectivity index (χ2n) is 3.52. The first-order valence-corrected chi connectivity index (χ1v) is 5.91. The molecule has 0 aliphatic rings. The summed E-state index contributed by atoms with van der Waals surface area (Å²) < 4.78 is 5.10. The lowest BCUT2D eigenvalue weighted by atomic mass is 10.3. The van der Waals surface area contributed by atoms with Gasteiger partial charge in [-0.1, -0.05) is 11.8 Å². The lowest BCUT2D eigenvalue weighted by Crippen LogP contribution is -2.11. The fraction of sp³-hybridized carbons (Fsp3) is 0.273. The molecule has 5 nitrogen and oxygen atoms in total. The van der Waals surface area contributed by atoms with E-state index in [9.17, 15) is 4.79 Å². The van der Waals surface area contributed by atoms with Crippen molar-refractivity contribution in [2.24, 2.45) is 0 Å². The van der Waals surface area contributed by atoms with Crippen molar-refractivity contribution in [3.05, 3.63) is 18.2 Å². The second kappa shape index (κ2) is 4.67. The van der Waals surface area contributed by atoms with Crippen molar-refractivity contribution in [1.82, 2.24) is 9.97 Å². The zero-order valence-electron chi connectivity index (χ0n) is 9.43. The maximum atomic E-state index is 10.7. The topological polar surface area (TPSA) is 75.2 Å². The van der Waals surface area contributed by atoms with E-state index in [1.165, 1.54) is 11.8 Å². The van der Waals surface area contributed by atoms with Gasteiger partial charge in [-0.2, -0.15) is 0 Å². The summed E-state index contributed by atoms with van der Waals surface area (Å²) in [5, 5.41) is 8.89. The molecule has 0 bridgehead atoms. The van der Waals surface area contributed by atoms with E-state index in [-0.39, 0.29) is 0 Å². The molecule has 1 heterocycles. The van der Waals surface area contributed by atoms with Crippen molar-refractivity contribution in [2.45, 2.75) is 17.3 Å². The van der Waals surface area contributed by atoms with Gasteiger partial charge in [-0.05, 0) is 19.1 Å². The van der Waals surface area contributed by atoms with Crippen LogP contribution in [0.1, 0.15) is 6.92 Å². The third kappa shape index (κ3) is 2.52. The monoisotopic (exact) mass is 252 g/mol. The normalized spacial score (nSPS) is 12.6. The van der Waals surface area contributed by atoms with Crippen LogP contribution in [0.25, 0.3) is 11.0 Å². The Hall–Kier alpha value is -1.69. The zero-order chi connectivity index (χ0) is 12.4. The van der Waals surface area contributed by atoms with Crippen LogP contribution in [0.5, 0.6) is 5.75 Å². The number of H-pyrrole nitrogens is 1. The number of thioether (sulfide) groups is 1. The van der Waals surface area contributed by atoms with Gasteiger partial charge in [-0.25, -0.2) is 4.98 Å². The summed E-state index contributed by atoms with van der Waals surface area (Å²) in [6, 6.07) is 5.48. The molecule has 2 N–H and O–H groups in total. The Morgan fingerprint density at radius 3 is 3.00 bits per heavy atom. The highest BCUT2D eigenvalue weighted by atomic mass is 32.2.